The third-order valence-electron chi connectivity index (χ3n) is 2.98. The number of likely N-dealkylation sites (tertiary alicyclic amines) is 1. The van der Waals surface area contributed by atoms with Crippen molar-refractivity contribution < 1.29 is 9.90 Å². The van der Waals surface area contributed by atoms with Gasteiger partial charge in [-0.3, -0.25) is 4.79 Å². The largest absolute Gasteiger partial charge is 0.394 e. The summed E-state index contributed by atoms with van der Waals surface area (Å²) in [6, 6.07) is -0.758. The minimum atomic E-state index is -0.758. The number of thioether (sulfide) groups is 1. The number of rotatable bonds is 2. The Morgan fingerprint density at radius 1 is 1.73 bits per heavy atom. The van der Waals surface area contributed by atoms with Crippen molar-refractivity contribution in [1.82, 2.24) is 10.2 Å². The van der Waals surface area contributed by atoms with E-state index in [4.69, 9.17) is 10.8 Å². The first-order valence-corrected chi connectivity index (χ1v) is 6.20. The Labute approximate surface area is 93.4 Å². The zero-order chi connectivity index (χ0) is 10.9. The molecule has 86 valence electrons. The standard InChI is InChI=1S/C9H17N3O2S/c10-7(5-13)8(14)12-3-1-9(6-12)11-2-4-15-9/h7,11,13H,1-6,10H2/t7-,9?/m0/s1. The molecule has 0 aromatic rings. The van der Waals surface area contributed by atoms with Crippen molar-refractivity contribution in [1.29, 1.82) is 0 Å². The summed E-state index contributed by atoms with van der Waals surface area (Å²) in [5.41, 5.74) is 5.51. The average Bonchev–Trinajstić information content (AvgIpc) is 2.88. The van der Waals surface area contributed by atoms with E-state index in [-0.39, 0.29) is 17.4 Å². The summed E-state index contributed by atoms with van der Waals surface area (Å²) < 4.78 is 0. The van der Waals surface area contributed by atoms with Crippen LogP contribution in [-0.4, -0.2) is 58.8 Å². The summed E-state index contributed by atoms with van der Waals surface area (Å²) in [5, 5.41) is 12.3. The molecule has 0 aliphatic carbocycles. The number of amides is 1. The quantitative estimate of drug-likeness (QED) is 0.543. The Morgan fingerprint density at radius 2 is 2.53 bits per heavy atom. The van der Waals surface area contributed by atoms with Gasteiger partial charge < -0.3 is 21.1 Å². The molecule has 2 rings (SSSR count). The maximum atomic E-state index is 11.7. The lowest BCUT2D eigenvalue weighted by Crippen LogP contribution is -2.47. The van der Waals surface area contributed by atoms with Crippen molar-refractivity contribution >= 4 is 17.7 Å². The molecule has 1 amide bonds. The maximum absolute atomic E-state index is 11.7. The van der Waals surface area contributed by atoms with E-state index in [1.165, 1.54) is 0 Å². The van der Waals surface area contributed by atoms with Crippen molar-refractivity contribution in [2.45, 2.75) is 17.3 Å². The van der Waals surface area contributed by atoms with Gasteiger partial charge in [0.05, 0.1) is 11.5 Å². The predicted octanol–water partition coefficient (Wildman–Crippen LogP) is -1.43. The van der Waals surface area contributed by atoms with E-state index in [0.29, 0.717) is 6.54 Å². The Morgan fingerprint density at radius 3 is 3.13 bits per heavy atom. The van der Waals surface area contributed by atoms with Crippen molar-refractivity contribution in [2.75, 3.05) is 32.0 Å². The van der Waals surface area contributed by atoms with Crippen molar-refractivity contribution in [3.8, 4) is 0 Å². The number of hydrogen-bond acceptors (Lipinski definition) is 5. The van der Waals surface area contributed by atoms with Crippen LogP contribution in [0.25, 0.3) is 0 Å². The summed E-state index contributed by atoms with van der Waals surface area (Å²) in [6.45, 7) is 2.19. The van der Waals surface area contributed by atoms with E-state index in [0.717, 1.165) is 25.3 Å². The lowest BCUT2D eigenvalue weighted by molar-refractivity contribution is -0.132. The highest BCUT2D eigenvalue weighted by atomic mass is 32.2. The molecule has 2 aliphatic heterocycles. The predicted molar refractivity (Wildman–Crippen MR) is 59.4 cm³/mol. The average molecular weight is 231 g/mol. The molecule has 5 nitrogen and oxygen atoms in total. The summed E-state index contributed by atoms with van der Waals surface area (Å²) in [4.78, 5) is 13.5. The minimum Gasteiger partial charge on any atom is -0.394 e. The molecule has 2 atom stereocenters. The summed E-state index contributed by atoms with van der Waals surface area (Å²) in [7, 11) is 0. The smallest absolute Gasteiger partial charge is 0.241 e. The van der Waals surface area contributed by atoms with Crippen LogP contribution in [0, 0.1) is 0 Å². The zero-order valence-corrected chi connectivity index (χ0v) is 9.42. The number of carbonyl (C=O) groups is 1. The molecule has 0 aromatic carbocycles. The van der Waals surface area contributed by atoms with E-state index in [9.17, 15) is 4.79 Å². The monoisotopic (exact) mass is 231 g/mol. The van der Waals surface area contributed by atoms with E-state index in [1.54, 1.807) is 4.90 Å². The van der Waals surface area contributed by atoms with Crippen LogP contribution in [-0.2, 0) is 4.79 Å². The second kappa shape index (κ2) is 4.29. The van der Waals surface area contributed by atoms with Crippen LogP contribution < -0.4 is 11.1 Å². The first-order valence-electron chi connectivity index (χ1n) is 5.21. The van der Waals surface area contributed by atoms with Gasteiger partial charge in [0.25, 0.3) is 0 Å². The number of aliphatic hydroxyl groups is 1. The first kappa shape index (κ1) is 11.2. The van der Waals surface area contributed by atoms with Gasteiger partial charge in [0.1, 0.15) is 6.04 Å². The van der Waals surface area contributed by atoms with Gasteiger partial charge in [-0.1, -0.05) is 0 Å². The van der Waals surface area contributed by atoms with Crippen LogP contribution in [0.3, 0.4) is 0 Å². The van der Waals surface area contributed by atoms with Crippen LogP contribution in [0.2, 0.25) is 0 Å². The molecule has 0 aromatic heterocycles. The third-order valence-corrected chi connectivity index (χ3v) is 4.42. The highest BCUT2D eigenvalue weighted by Crippen LogP contribution is 2.36. The molecule has 15 heavy (non-hydrogen) atoms. The summed E-state index contributed by atoms with van der Waals surface area (Å²) in [6.07, 6.45) is 0.974. The SMILES string of the molecule is N[C@@H](CO)C(=O)N1CCC2(C1)NCCS2. The Kier molecular flexibility index (Phi) is 3.20. The molecule has 6 heteroatoms. The van der Waals surface area contributed by atoms with E-state index in [1.807, 2.05) is 11.8 Å². The highest BCUT2D eigenvalue weighted by molar-refractivity contribution is 8.00. The lowest BCUT2D eigenvalue weighted by Gasteiger charge is -2.24. The van der Waals surface area contributed by atoms with Gasteiger partial charge >= 0.3 is 0 Å². The topological polar surface area (TPSA) is 78.6 Å². The minimum absolute atomic E-state index is 0.0604. The lowest BCUT2D eigenvalue weighted by atomic mass is 10.2. The van der Waals surface area contributed by atoms with Gasteiger partial charge in [-0.25, -0.2) is 0 Å². The van der Waals surface area contributed by atoms with Gasteiger partial charge in [0.2, 0.25) is 5.91 Å². The van der Waals surface area contributed by atoms with Crippen molar-refractivity contribution in [3.63, 3.8) is 0 Å². The van der Waals surface area contributed by atoms with Crippen molar-refractivity contribution in [2.24, 2.45) is 5.73 Å². The Bertz CT molecular complexity index is 256. The fraction of sp³-hybridized carbons (Fsp3) is 0.889. The first-order chi connectivity index (χ1) is 7.17. The molecule has 0 bridgehead atoms. The molecule has 2 saturated heterocycles. The molecule has 2 heterocycles. The van der Waals surface area contributed by atoms with Crippen LogP contribution >= 0.6 is 11.8 Å². The molecule has 4 N–H and O–H groups in total. The van der Waals surface area contributed by atoms with Gasteiger partial charge in [0.15, 0.2) is 0 Å². The number of nitrogens with one attached hydrogen (secondary N) is 1. The molecular formula is C9H17N3O2S. The molecule has 1 unspecified atom stereocenters. The molecule has 1 spiro atoms. The number of aliphatic hydroxyl groups excluding tert-OH is 1. The molecule has 2 aliphatic rings. The van der Waals surface area contributed by atoms with Crippen LogP contribution in [0.4, 0.5) is 0 Å². The number of nitrogens with two attached hydrogens (primary N) is 1. The highest BCUT2D eigenvalue weighted by Gasteiger charge is 2.43. The molecule has 2 fully saturated rings. The zero-order valence-electron chi connectivity index (χ0n) is 8.61. The number of carbonyl (C=O) groups excluding carboxylic acids is 1. The number of hydrogen-bond donors (Lipinski definition) is 3. The van der Waals surface area contributed by atoms with E-state index in [2.05, 4.69) is 5.32 Å². The normalized spacial score (nSPS) is 32.5. The molecule has 0 radical (unpaired) electrons. The Balaban J connectivity index is 1.94. The molecular weight excluding hydrogens is 214 g/mol. The van der Waals surface area contributed by atoms with Gasteiger partial charge in [-0.15, -0.1) is 11.8 Å². The van der Waals surface area contributed by atoms with Crippen LogP contribution in [0.5, 0.6) is 0 Å². The third kappa shape index (κ3) is 2.13. The second-order valence-electron chi connectivity index (χ2n) is 4.07. The summed E-state index contributed by atoms with van der Waals surface area (Å²) in [5.74, 6) is 0.970. The fourth-order valence-corrected chi connectivity index (χ4v) is 3.40. The molecule has 0 saturated carbocycles. The number of nitrogens with zero attached hydrogens (tertiary/aromatic N) is 1. The van der Waals surface area contributed by atoms with E-state index < -0.39 is 6.04 Å². The second-order valence-corrected chi connectivity index (χ2v) is 5.55. The van der Waals surface area contributed by atoms with Gasteiger partial charge in [-0.05, 0) is 6.42 Å². The van der Waals surface area contributed by atoms with Crippen molar-refractivity contribution in [3.05, 3.63) is 0 Å². The maximum Gasteiger partial charge on any atom is 0.241 e. The van der Waals surface area contributed by atoms with Crippen LogP contribution in [0.1, 0.15) is 6.42 Å². The van der Waals surface area contributed by atoms with Crippen LogP contribution in [0.15, 0.2) is 0 Å². The summed E-state index contributed by atoms with van der Waals surface area (Å²) >= 11 is 1.88. The fourth-order valence-electron chi connectivity index (χ4n) is 2.12. The van der Waals surface area contributed by atoms with Gasteiger partial charge in [0, 0.05) is 25.4 Å². The van der Waals surface area contributed by atoms with Gasteiger partial charge in [-0.2, -0.15) is 0 Å². The Hall–Kier alpha value is -0.300. The van der Waals surface area contributed by atoms with E-state index >= 15 is 0 Å².